The number of anilines is 1. The molecular formula is C23H24Cl2N4O3. The first-order chi connectivity index (χ1) is 15.3. The first kappa shape index (κ1) is 23.6. The number of hydrogen-bond donors (Lipinski definition) is 1. The molecule has 32 heavy (non-hydrogen) atoms. The van der Waals surface area contributed by atoms with Crippen LogP contribution >= 0.6 is 23.2 Å². The molecule has 0 unspecified atom stereocenters. The number of rotatable bonds is 8. The lowest BCUT2D eigenvalue weighted by atomic mass is 10.2. The summed E-state index contributed by atoms with van der Waals surface area (Å²) < 4.78 is 7.00. The quantitative estimate of drug-likeness (QED) is 0.498. The molecule has 0 saturated carbocycles. The third-order valence-corrected chi connectivity index (χ3v) is 5.26. The third kappa shape index (κ3) is 5.60. The predicted molar refractivity (Wildman–Crippen MR) is 126 cm³/mol. The van der Waals surface area contributed by atoms with Gasteiger partial charge in [0, 0.05) is 17.8 Å². The molecule has 1 aromatic heterocycles. The van der Waals surface area contributed by atoms with E-state index in [-0.39, 0.29) is 24.1 Å². The first-order valence-electron chi connectivity index (χ1n) is 10.1. The number of benzene rings is 2. The van der Waals surface area contributed by atoms with E-state index >= 15 is 0 Å². The van der Waals surface area contributed by atoms with Gasteiger partial charge in [0.2, 0.25) is 5.91 Å². The number of carbonyl (C=O) groups is 2. The number of carbonyl (C=O) groups excluding carboxylic acids is 2. The number of nitrogens with zero attached hydrogens (tertiary/aromatic N) is 3. The Morgan fingerprint density at radius 2 is 1.94 bits per heavy atom. The van der Waals surface area contributed by atoms with Crippen LogP contribution in [0.2, 0.25) is 10.0 Å². The summed E-state index contributed by atoms with van der Waals surface area (Å²) in [6, 6.07) is 12.1. The van der Waals surface area contributed by atoms with Gasteiger partial charge in [-0.25, -0.2) is 4.68 Å². The van der Waals surface area contributed by atoms with E-state index < -0.39 is 0 Å². The van der Waals surface area contributed by atoms with Crippen molar-refractivity contribution in [3.05, 3.63) is 70.0 Å². The Bertz CT molecular complexity index is 1130. The summed E-state index contributed by atoms with van der Waals surface area (Å²) in [7, 11) is 1.58. The van der Waals surface area contributed by atoms with Crippen molar-refractivity contribution in [1.82, 2.24) is 14.7 Å². The minimum Gasteiger partial charge on any atom is -0.494 e. The molecule has 2 amide bonds. The first-order valence-corrected chi connectivity index (χ1v) is 10.8. The van der Waals surface area contributed by atoms with Gasteiger partial charge in [0.1, 0.15) is 18.0 Å². The average molecular weight is 475 g/mol. The molecule has 0 saturated heterocycles. The van der Waals surface area contributed by atoms with Gasteiger partial charge in [0.05, 0.1) is 17.8 Å². The summed E-state index contributed by atoms with van der Waals surface area (Å²) in [5.41, 5.74) is 2.43. The third-order valence-electron chi connectivity index (χ3n) is 4.71. The second kappa shape index (κ2) is 10.5. The van der Waals surface area contributed by atoms with Gasteiger partial charge in [-0.2, -0.15) is 5.10 Å². The van der Waals surface area contributed by atoms with E-state index in [1.807, 2.05) is 32.0 Å². The maximum atomic E-state index is 13.1. The summed E-state index contributed by atoms with van der Waals surface area (Å²) in [4.78, 5) is 27.1. The molecule has 0 aliphatic heterocycles. The lowest BCUT2D eigenvalue weighted by Crippen LogP contribution is -2.38. The van der Waals surface area contributed by atoms with Crippen molar-refractivity contribution in [2.24, 2.45) is 0 Å². The highest BCUT2D eigenvalue weighted by Crippen LogP contribution is 2.26. The molecule has 0 spiro atoms. The smallest absolute Gasteiger partial charge is 0.274 e. The van der Waals surface area contributed by atoms with Crippen molar-refractivity contribution >= 4 is 40.7 Å². The highest BCUT2D eigenvalue weighted by Gasteiger charge is 2.21. The Labute approximate surface area is 196 Å². The predicted octanol–water partition coefficient (Wildman–Crippen LogP) is 4.99. The van der Waals surface area contributed by atoms with Gasteiger partial charge in [-0.15, -0.1) is 0 Å². The average Bonchev–Trinajstić information content (AvgIpc) is 3.25. The fourth-order valence-electron chi connectivity index (χ4n) is 3.19. The van der Waals surface area contributed by atoms with Crippen LogP contribution in [0.5, 0.6) is 5.75 Å². The Morgan fingerprint density at radius 1 is 1.16 bits per heavy atom. The highest BCUT2D eigenvalue weighted by atomic mass is 35.5. The number of halogens is 2. The number of aromatic nitrogens is 2. The normalized spacial score (nSPS) is 10.7. The van der Waals surface area contributed by atoms with Crippen LogP contribution in [0.1, 0.15) is 29.4 Å². The molecule has 0 aliphatic carbocycles. The Hall–Kier alpha value is -3.03. The van der Waals surface area contributed by atoms with Gasteiger partial charge in [0.25, 0.3) is 5.91 Å². The van der Waals surface area contributed by atoms with Crippen LogP contribution in [0.15, 0.2) is 48.7 Å². The summed E-state index contributed by atoms with van der Waals surface area (Å²) in [5.74, 6) is -0.0623. The fraction of sp³-hybridized carbons (Fsp3) is 0.261. The van der Waals surface area contributed by atoms with Crippen molar-refractivity contribution in [1.29, 1.82) is 0 Å². The molecule has 0 atom stereocenters. The maximum absolute atomic E-state index is 13.1. The lowest BCUT2D eigenvalue weighted by Gasteiger charge is -2.21. The van der Waals surface area contributed by atoms with Crippen LogP contribution in [-0.2, 0) is 4.79 Å². The highest BCUT2D eigenvalue weighted by molar-refractivity contribution is 6.36. The van der Waals surface area contributed by atoms with Crippen LogP contribution in [0.4, 0.5) is 5.69 Å². The standard InChI is InChI=1S/C23H24Cl2N4O3/c1-4-10-28(14-22(30)26-18-7-6-16(24)13-17(18)25)23(31)19-9-11-29(27-19)20-12-15(2)5-8-21(20)32-3/h5-9,11-13H,4,10,14H2,1-3H3,(H,26,30). The van der Waals surface area contributed by atoms with Gasteiger partial charge >= 0.3 is 0 Å². The van der Waals surface area contributed by atoms with Gasteiger partial charge < -0.3 is 15.0 Å². The zero-order valence-corrected chi connectivity index (χ0v) is 19.6. The van der Waals surface area contributed by atoms with E-state index in [4.69, 9.17) is 27.9 Å². The number of nitrogens with one attached hydrogen (secondary N) is 1. The molecule has 168 valence electrons. The van der Waals surface area contributed by atoms with E-state index in [1.165, 1.54) is 4.90 Å². The van der Waals surface area contributed by atoms with Crippen LogP contribution in [0.25, 0.3) is 5.69 Å². The molecule has 0 radical (unpaired) electrons. The molecule has 0 bridgehead atoms. The van der Waals surface area contributed by atoms with Crippen LogP contribution in [0, 0.1) is 6.92 Å². The Balaban J connectivity index is 1.77. The van der Waals surface area contributed by atoms with E-state index in [1.54, 1.807) is 42.3 Å². The summed E-state index contributed by atoms with van der Waals surface area (Å²) in [5, 5.41) is 7.94. The largest absolute Gasteiger partial charge is 0.494 e. The number of hydrogen-bond acceptors (Lipinski definition) is 4. The molecular weight excluding hydrogens is 451 g/mol. The topological polar surface area (TPSA) is 76.5 Å². The van der Waals surface area contributed by atoms with Crippen molar-refractivity contribution in [3.63, 3.8) is 0 Å². The van der Waals surface area contributed by atoms with Crippen LogP contribution < -0.4 is 10.1 Å². The molecule has 0 aliphatic rings. The van der Waals surface area contributed by atoms with Gasteiger partial charge in [-0.3, -0.25) is 9.59 Å². The number of aryl methyl sites for hydroxylation is 1. The van der Waals surface area contributed by atoms with Crippen molar-refractivity contribution in [2.45, 2.75) is 20.3 Å². The minimum atomic E-state index is -0.365. The molecule has 1 N–H and O–H groups in total. The molecule has 9 heteroatoms. The van der Waals surface area contributed by atoms with Gasteiger partial charge in [0.15, 0.2) is 5.69 Å². The second-order valence-electron chi connectivity index (χ2n) is 7.22. The van der Waals surface area contributed by atoms with Crippen molar-refractivity contribution in [3.8, 4) is 11.4 Å². The molecule has 3 aromatic rings. The van der Waals surface area contributed by atoms with Crippen LogP contribution in [-0.4, -0.2) is 46.7 Å². The minimum absolute atomic E-state index is 0.133. The van der Waals surface area contributed by atoms with Crippen molar-refractivity contribution in [2.75, 3.05) is 25.5 Å². The van der Waals surface area contributed by atoms with E-state index in [2.05, 4.69) is 10.4 Å². The Morgan fingerprint density at radius 3 is 2.62 bits per heavy atom. The van der Waals surface area contributed by atoms with Gasteiger partial charge in [-0.1, -0.05) is 36.2 Å². The molecule has 2 aromatic carbocycles. The summed E-state index contributed by atoms with van der Waals surface area (Å²) in [6.45, 7) is 4.17. The molecule has 7 nitrogen and oxygen atoms in total. The number of ether oxygens (including phenoxy) is 1. The zero-order chi connectivity index (χ0) is 23.3. The van der Waals surface area contributed by atoms with Crippen molar-refractivity contribution < 1.29 is 14.3 Å². The monoisotopic (exact) mass is 474 g/mol. The number of amides is 2. The van der Waals surface area contributed by atoms with E-state index in [9.17, 15) is 9.59 Å². The van der Waals surface area contributed by atoms with Gasteiger partial charge in [-0.05, 0) is 55.3 Å². The van der Waals surface area contributed by atoms with Crippen LogP contribution in [0.3, 0.4) is 0 Å². The Kier molecular flexibility index (Phi) is 7.77. The van der Waals surface area contributed by atoms with E-state index in [0.717, 1.165) is 11.3 Å². The number of methoxy groups -OCH3 is 1. The molecule has 0 fully saturated rings. The lowest BCUT2D eigenvalue weighted by molar-refractivity contribution is -0.116. The second-order valence-corrected chi connectivity index (χ2v) is 8.06. The summed E-state index contributed by atoms with van der Waals surface area (Å²) in [6.07, 6.45) is 2.38. The molecule has 1 heterocycles. The van der Waals surface area contributed by atoms with E-state index in [0.29, 0.717) is 34.4 Å². The zero-order valence-electron chi connectivity index (χ0n) is 18.1. The summed E-state index contributed by atoms with van der Waals surface area (Å²) >= 11 is 12.0. The fourth-order valence-corrected chi connectivity index (χ4v) is 3.65. The SMILES string of the molecule is CCCN(CC(=O)Nc1ccc(Cl)cc1Cl)C(=O)c1ccn(-c2cc(C)ccc2OC)n1. The molecule has 3 rings (SSSR count). The maximum Gasteiger partial charge on any atom is 0.274 e.